The molecule has 98 valence electrons. The Morgan fingerprint density at radius 1 is 0.800 bits per heavy atom. The fourth-order valence-electron chi connectivity index (χ4n) is 1.96. The molecule has 0 saturated carbocycles. The Morgan fingerprint density at radius 3 is 2.15 bits per heavy atom. The predicted molar refractivity (Wildman–Crippen MR) is 78.7 cm³/mol. The third-order valence-electron chi connectivity index (χ3n) is 2.85. The molecule has 0 bridgehead atoms. The first kappa shape index (κ1) is 12.4. The van der Waals surface area contributed by atoms with E-state index in [1.54, 1.807) is 0 Å². The Bertz CT molecular complexity index is 697. The maximum absolute atomic E-state index is 5.77. The summed E-state index contributed by atoms with van der Waals surface area (Å²) in [7, 11) is 0. The Labute approximate surface area is 117 Å². The van der Waals surface area contributed by atoms with Crippen molar-refractivity contribution in [1.82, 2.24) is 9.97 Å². The van der Waals surface area contributed by atoms with Gasteiger partial charge >= 0.3 is 0 Å². The van der Waals surface area contributed by atoms with Gasteiger partial charge in [-0.05, 0) is 19.1 Å². The largest absolute Gasteiger partial charge is 0.439 e. The zero-order valence-corrected chi connectivity index (χ0v) is 11.2. The van der Waals surface area contributed by atoms with E-state index in [1.165, 1.54) is 0 Å². The van der Waals surface area contributed by atoms with E-state index < -0.39 is 0 Å². The summed E-state index contributed by atoms with van der Waals surface area (Å²) in [5, 5.41) is 0. The van der Waals surface area contributed by atoms with Gasteiger partial charge in [0.2, 0.25) is 5.88 Å². The number of benzene rings is 2. The van der Waals surface area contributed by atoms with Crippen molar-refractivity contribution in [2.45, 2.75) is 6.92 Å². The van der Waals surface area contributed by atoms with Crippen LogP contribution in [0.3, 0.4) is 0 Å². The van der Waals surface area contributed by atoms with Crippen LogP contribution in [0.1, 0.15) is 5.82 Å². The molecule has 0 unspecified atom stereocenters. The van der Waals surface area contributed by atoms with E-state index in [4.69, 9.17) is 4.74 Å². The average molecular weight is 262 g/mol. The second-order valence-electron chi connectivity index (χ2n) is 4.42. The molecule has 3 nitrogen and oxygen atoms in total. The topological polar surface area (TPSA) is 35.0 Å². The fraction of sp³-hybridized carbons (Fsp3) is 0.0588. The summed E-state index contributed by atoms with van der Waals surface area (Å²) >= 11 is 0. The minimum Gasteiger partial charge on any atom is -0.439 e. The van der Waals surface area contributed by atoms with Crippen LogP contribution in [0.15, 0.2) is 66.7 Å². The molecule has 0 atom stereocenters. The van der Waals surface area contributed by atoms with Gasteiger partial charge in [0, 0.05) is 11.6 Å². The number of hydrogen-bond donors (Lipinski definition) is 0. The van der Waals surface area contributed by atoms with Crippen LogP contribution in [-0.4, -0.2) is 9.97 Å². The smallest absolute Gasteiger partial charge is 0.223 e. The Kier molecular flexibility index (Phi) is 3.42. The molecular formula is C17H14N2O. The Balaban J connectivity index is 1.95. The molecule has 1 aromatic heterocycles. The highest BCUT2D eigenvalue weighted by molar-refractivity contribution is 5.59. The van der Waals surface area contributed by atoms with E-state index >= 15 is 0 Å². The lowest BCUT2D eigenvalue weighted by molar-refractivity contribution is 0.460. The third kappa shape index (κ3) is 2.83. The van der Waals surface area contributed by atoms with E-state index in [1.807, 2.05) is 73.7 Å². The first-order chi connectivity index (χ1) is 9.81. The molecule has 0 N–H and O–H groups in total. The SMILES string of the molecule is Cc1nc(Oc2ccccc2)cc(-c2ccccc2)n1. The average Bonchev–Trinajstić information content (AvgIpc) is 2.49. The number of ether oxygens (including phenoxy) is 1. The van der Waals surface area contributed by atoms with Crippen LogP contribution in [0.4, 0.5) is 0 Å². The van der Waals surface area contributed by atoms with Crippen LogP contribution >= 0.6 is 0 Å². The van der Waals surface area contributed by atoms with Crippen molar-refractivity contribution < 1.29 is 4.74 Å². The van der Waals surface area contributed by atoms with E-state index in [2.05, 4.69) is 9.97 Å². The molecule has 0 spiro atoms. The maximum atomic E-state index is 5.77. The van der Waals surface area contributed by atoms with Crippen molar-refractivity contribution in [2.75, 3.05) is 0 Å². The molecule has 2 aromatic carbocycles. The zero-order chi connectivity index (χ0) is 13.8. The van der Waals surface area contributed by atoms with Crippen LogP contribution in [0, 0.1) is 6.92 Å². The molecule has 0 radical (unpaired) electrons. The van der Waals surface area contributed by atoms with Crippen LogP contribution in [0.5, 0.6) is 11.6 Å². The van der Waals surface area contributed by atoms with Gasteiger partial charge < -0.3 is 4.74 Å². The molecule has 20 heavy (non-hydrogen) atoms. The summed E-state index contributed by atoms with van der Waals surface area (Å²) < 4.78 is 5.77. The number of para-hydroxylation sites is 1. The number of hydrogen-bond acceptors (Lipinski definition) is 3. The molecule has 0 aliphatic rings. The summed E-state index contributed by atoms with van der Waals surface area (Å²) in [6, 6.07) is 21.5. The van der Waals surface area contributed by atoms with Gasteiger partial charge in [0.15, 0.2) is 0 Å². The van der Waals surface area contributed by atoms with Gasteiger partial charge in [0.1, 0.15) is 11.6 Å². The van der Waals surface area contributed by atoms with Gasteiger partial charge in [-0.15, -0.1) is 0 Å². The lowest BCUT2D eigenvalue weighted by Gasteiger charge is -2.07. The molecule has 0 amide bonds. The van der Waals surface area contributed by atoms with E-state index in [0.717, 1.165) is 17.0 Å². The first-order valence-corrected chi connectivity index (χ1v) is 6.45. The number of aryl methyl sites for hydroxylation is 1. The molecule has 3 aromatic rings. The van der Waals surface area contributed by atoms with Crippen molar-refractivity contribution in [1.29, 1.82) is 0 Å². The fourth-order valence-corrected chi connectivity index (χ4v) is 1.96. The normalized spacial score (nSPS) is 10.2. The van der Waals surface area contributed by atoms with Crippen LogP contribution in [0.25, 0.3) is 11.3 Å². The molecule has 1 heterocycles. The van der Waals surface area contributed by atoms with Gasteiger partial charge in [-0.3, -0.25) is 0 Å². The third-order valence-corrected chi connectivity index (χ3v) is 2.85. The van der Waals surface area contributed by atoms with Gasteiger partial charge in [-0.2, -0.15) is 4.98 Å². The summed E-state index contributed by atoms with van der Waals surface area (Å²) in [5.74, 6) is 2.02. The van der Waals surface area contributed by atoms with Crippen LogP contribution < -0.4 is 4.74 Å². The monoisotopic (exact) mass is 262 g/mol. The lowest BCUT2D eigenvalue weighted by Crippen LogP contribution is -1.95. The van der Waals surface area contributed by atoms with Crippen molar-refractivity contribution in [3.8, 4) is 22.9 Å². The summed E-state index contributed by atoms with van der Waals surface area (Å²) in [6.45, 7) is 1.87. The van der Waals surface area contributed by atoms with Gasteiger partial charge in [-0.25, -0.2) is 4.98 Å². The highest BCUT2D eigenvalue weighted by Gasteiger charge is 2.05. The number of rotatable bonds is 3. The minimum atomic E-state index is 0.558. The Morgan fingerprint density at radius 2 is 1.45 bits per heavy atom. The first-order valence-electron chi connectivity index (χ1n) is 6.45. The molecule has 0 aliphatic carbocycles. The minimum absolute atomic E-state index is 0.558. The summed E-state index contributed by atoms with van der Waals surface area (Å²) in [6.07, 6.45) is 0. The van der Waals surface area contributed by atoms with Crippen molar-refractivity contribution in [2.24, 2.45) is 0 Å². The standard InChI is InChI=1S/C17H14N2O/c1-13-18-16(14-8-4-2-5-9-14)12-17(19-13)20-15-10-6-3-7-11-15/h2-12H,1H3. The molecule has 3 heteroatoms. The molecule has 0 aliphatic heterocycles. The lowest BCUT2D eigenvalue weighted by atomic mass is 10.1. The Hall–Kier alpha value is -2.68. The maximum Gasteiger partial charge on any atom is 0.223 e. The van der Waals surface area contributed by atoms with Crippen LogP contribution in [0.2, 0.25) is 0 Å². The van der Waals surface area contributed by atoms with E-state index in [9.17, 15) is 0 Å². The van der Waals surface area contributed by atoms with Crippen LogP contribution in [-0.2, 0) is 0 Å². The molecular weight excluding hydrogens is 248 g/mol. The summed E-state index contributed by atoms with van der Waals surface area (Å²) in [4.78, 5) is 8.78. The predicted octanol–water partition coefficient (Wildman–Crippen LogP) is 4.24. The van der Waals surface area contributed by atoms with Crippen molar-refractivity contribution >= 4 is 0 Å². The van der Waals surface area contributed by atoms with Gasteiger partial charge in [0.25, 0.3) is 0 Å². The second kappa shape index (κ2) is 5.53. The molecule has 0 saturated heterocycles. The molecule has 3 rings (SSSR count). The van der Waals surface area contributed by atoms with Gasteiger partial charge in [-0.1, -0.05) is 48.5 Å². The van der Waals surface area contributed by atoms with Gasteiger partial charge in [0.05, 0.1) is 5.69 Å². The highest BCUT2D eigenvalue weighted by Crippen LogP contribution is 2.24. The highest BCUT2D eigenvalue weighted by atomic mass is 16.5. The summed E-state index contributed by atoms with van der Waals surface area (Å²) in [5.41, 5.74) is 1.92. The van der Waals surface area contributed by atoms with Crippen molar-refractivity contribution in [3.63, 3.8) is 0 Å². The number of aromatic nitrogens is 2. The molecule has 0 fully saturated rings. The zero-order valence-electron chi connectivity index (χ0n) is 11.2. The van der Waals surface area contributed by atoms with Crippen molar-refractivity contribution in [3.05, 3.63) is 72.6 Å². The second-order valence-corrected chi connectivity index (χ2v) is 4.42. The quantitative estimate of drug-likeness (QED) is 0.708. The van der Waals surface area contributed by atoms with E-state index in [-0.39, 0.29) is 0 Å². The number of nitrogens with zero attached hydrogens (tertiary/aromatic N) is 2. The van der Waals surface area contributed by atoms with E-state index in [0.29, 0.717) is 11.7 Å².